The third kappa shape index (κ3) is 3.84. The van der Waals surface area contributed by atoms with Gasteiger partial charge in [0.2, 0.25) is 5.95 Å². The minimum Gasteiger partial charge on any atom is -0.370 e. The van der Waals surface area contributed by atoms with E-state index in [1.165, 1.54) is 4.88 Å². The molecular formula is C14H21N5S. The number of rotatable bonds is 7. The number of thiophene rings is 1. The van der Waals surface area contributed by atoms with Gasteiger partial charge in [-0.15, -0.1) is 11.3 Å². The number of nitrogens with two attached hydrogens (primary N) is 1. The maximum atomic E-state index is 5.76. The van der Waals surface area contributed by atoms with E-state index in [0.29, 0.717) is 0 Å². The third-order valence-corrected chi connectivity index (χ3v) is 3.87. The van der Waals surface area contributed by atoms with Crippen LogP contribution in [0, 0.1) is 0 Å². The molecule has 0 aliphatic rings. The first-order chi connectivity index (χ1) is 9.72. The molecule has 1 unspecified atom stereocenters. The zero-order valence-electron chi connectivity index (χ0n) is 11.9. The molecule has 0 bridgehead atoms. The summed E-state index contributed by atoms with van der Waals surface area (Å²) in [7, 11) is 0. The van der Waals surface area contributed by atoms with Crippen molar-refractivity contribution < 1.29 is 0 Å². The predicted octanol–water partition coefficient (Wildman–Crippen LogP) is 3.51. The number of hydrogen-bond donors (Lipinski definition) is 3. The quantitative estimate of drug-likeness (QED) is 0.728. The lowest BCUT2D eigenvalue weighted by Gasteiger charge is -2.18. The largest absolute Gasteiger partial charge is 0.370 e. The van der Waals surface area contributed by atoms with E-state index >= 15 is 0 Å². The van der Waals surface area contributed by atoms with E-state index in [4.69, 9.17) is 5.73 Å². The van der Waals surface area contributed by atoms with Crippen molar-refractivity contribution in [2.45, 2.75) is 32.7 Å². The van der Waals surface area contributed by atoms with Crippen LogP contribution >= 0.6 is 11.3 Å². The standard InChI is InChI=1S/C14H21N5S/c1-3-6-10(11-7-5-8-20-11)17-13-9-12(16-4-2)18-14(15)19-13/h5,7-10H,3-4,6H2,1-2H3,(H4,15,16,17,18,19). The van der Waals surface area contributed by atoms with Gasteiger partial charge in [0.25, 0.3) is 0 Å². The summed E-state index contributed by atoms with van der Waals surface area (Å²) in [5, 5.41) is 8.72. The van der Waals surface area contributed by atoms with Crippen LogP contribution in [-0.4, -0.2) is 16.5 Å². The summed E-state index contributed by atoms with van der Waals surface area (Å²) in [4.78, 5) is 9.74. The molecule has 1 atom stereocenters. The molecule has 6 heteroatoms. The maximum absolute atomic E-state index is 5.76. The number of nitrogen functional groups attached to an aromatic ring is 1. The van der Waals surface area contributed by atoms with Crippen molar-refractivity contribution in [3.8, 4) is 0 Å². The number of nitrogens with zero attached hydrogens (tertiary/aromatic N) is 2. The van der Waals surface area contributed by atoms with E-state index in [9.17, 15) is 0 Å². The highest BCUT2D eigenvalue weighted by Gasteiger charge is 2.13. The highest BCUT2D eigenvalue weighted by Crippen LogP contribution is 2.27. The molecule has 5 nitrogen and oxygen atoms in total. The number of nitrogens with one attached hydrogen (secondary N) is 2. The fourth-order valence-corrected chi connectivity index (χ4v) is 2.87. The first-order valence-electron chi connectivity index (χ1n) is 6.91. The van der Waals surface area contributed by atoms with E-state index in [1.54, 1.807) is 11.3 Å². The molecule has 0 spiro atoms. The Morgan fingerprint density at radius 1 is 1.30 bits per heavy atom. The van der Waals surface area contributed by atoms with Gasteiger partial charge in [0.1, 0.15) is 11.6 Å². The number of hydrogen-bond acceptors (Lipinski definition) is 6. The Bertz CT molecular complexity index is 526. The average molecular weight is 291 g/mol. The number of aromatic nitrogens is 2. The first kappa shape index (κ1) is 14.6. The Labute approximate surface area is 123 Å². The van der Waals surface area contributed by atoms with E-state index in [2.05, 4.69) is 45.0 Å². The van der Waals surface area contributed by atoms with Crippen LogP contribution in [0.3, 0.4) is 0 Å². The molecule has 0 saturated heterocycles. The summed E-state index contributed by atoms with van der Waals surface area (Å²) in [5.41, 5.74) is 5.76. The van der Waals surface area contributed by atoms with E-state index in [-0.39, 0.29) is 12.0 Å². The predicted molar refractivity (Wildman–Crippen MR) is 86.2 cm³/mol. The summed E-state index contributed by atoms with van der Waals surface area (Å²) in [6.07, 6.45) is 2.16. The summed E-state index contributed by atoms with van der Waals surface area (Å²) < 4.78 is 0. The van der Waals surface area contributed by atoms with Crippen LogP contribution in [0.5, 0.6) is 0 Å². The van der Waals surface area contributed by atoms with Crippen LogP contribution in [0.2, 0.25) is 0 Å². The molecule has 4 N–H and O–H groups in total. The summed E-state index contributed by atoms with van der Waals surface area (Å²) in [5.74, 6) is 1.80. The van der Waals surface area contributed by atoms with Crippen molar-refractivity contribution in [1.29, 1.82) is 0 Å². The van der Waals surface area contributed by atoms with Crippen molar-refractivity contribution in [2.24, 2.45) is 0 Å². The molecule has 0 aliphatic carbocycles. The zero-order chi connectivity index (χ0) is 14.4. The van der Waals surface area contributed by atoms with Crippen LogP contribution in [0.25, 0.3) is 0 Å². The van der Waals surface area contributed by atoms with Crippen molar-refractivity contribution in [1.82, 2.24) is 9.97 Å². The van der Waals surface area contributed by atoms with Crippen LogP contribution in [-0.2, 0) is 0 Å². The topological polar surface area (TPSA) is 75.9 Å². The molecule has 0 radical (unpaired) electrons. The highest BCUT2D eigenvalue weighted by atomic mass is 32.1. The van der Waals surface area contributed by atoms with Crippen LogP contribution in [0.4, 0.5) is 17.6 Å². The summed E-state index contributed by atoms with van der Waals surface area (Å²) in [6.45, 7) is 5.01. The van der Waals surface area contributed by atoms with Gasteiger partial charge in [-0.2, -0.15) is 9.97 Å². The Morgan fingerprint density at radius 3 is 2.75 bits per heavy atom. The Kier molecular flexibility index (Phi) is 5.17. The monoisotopic (exact) mass is 291 g/mol. The van der Waals surface area contributed by atoms with E-state index in [0.717, 1.165) is 31.0 Å². The highest BCUT2D eigenvalue weighted by molar-refractivity contribution is 7.10. The number of anilines is 3. The molecule has 0 aromatic carbocycles. The molecule has 0 fully saturated rings. The van der Waals surface area contributed by atoms with Crippen molar-refractivity contribution in [3.05, 3.63) is 28.5 Å². The lowest BCUT2D eigenvalue weighted by Crippen LogP contribution is -2.12. The minimum absolute atomic E-state index is 0.267. The fraction of sp³-hybridized carbons (Fsp3) is 0.429. The molecule has 2 rings (SSSR count). The summed E-state index contributed by atoms with van der Waals surface area (Å²) >= 11 is 1.76. The van der Waals surface area contributed by atoms with Gasteiger partial charge in [-0.1, -0.05) is 19.4 Å². The SMILES string of the molecule is CCCC(Nc1cc(NCC)nc(N)n1)c1cccs1. The van der Waals surface area contributed by atoms with Gasteiger partial charge in [-0.25, -0.2) is 0 Å². The molecule has 0 amide bonds. The van der Waals surface area contributed by atoms with E-state index < -0.39 is 0 Å². The summed E-state index contributed by atoms with van der Waals surface area (Å²) in [6, 6.07) is 6.39. The zero-order valence-corrected chi connectivity index (χ0v) is 12.7. The van der Waals surface area contributed by atoms with Gasteiger partial charge in [-0.3, -0.25) is 0 Å². The van der Waals surface area contributed by atoms with Gasteiger partial charge >= 0.3 is 0 Å². The molecule has 2 aromatic heterocycles. The molecule has 108 valence electrons. The maximum Gasteiger partial charge on any atom is 0.223 e. The van der Waals surface area contributed by atoms with Gasteiger partial charge in [0, 0.05) is 17.5 Å². The molecule has 0 saturated carbocycles. The van der Waals surface area contributed by atoms with Gasteiger partial charge < -0.3 is 16.4 Å². The molecule has 20 heavy (non-hydrogen) atoms. The second kappa shape index (κ2) is 7.09. The van der Waals surface area contributed by atoms with Crippen molar-refractivity contribution in [3.63, 3.8) is 0 Å². The fourth-order valence-electron chi connectivity index (χ4n) is 2.05. The van der Waals surface area contributed by atoms with Crippen molar-refractivity contribution >= 4 is 28.9 Å². The Balaban J connectivity index is 2.17. The lowest BCUT2D eigenvalue weighted by molar-refractivity contribution is 0.684. The van der Waals surface area contributed by atoms with E-state index in [1.807, 2.05) is 13.0 Å². The van der Waals surface area contributed by atoms with Gasteiger partial charge in [-0.05, 0) is 24.8 Å². The smallest absolute Gasteiger partial charge is 0.223 e. The molecular weight excluding hydrogens is 270 g/mol. The molecule has 2 heterocycles. The van der Waals surface area contributed by atoms with Crippen LogP contribution in [0.15, 0.2) is 23.6 Å². The molecule has 0 aliphatic heterocycles. The Morgan fingerprint density at radius 2 is 2.10 bits per heavy atom. The Hall–Kier alpha value is -1.82. The van der Waals surface area contributed by atoms with Crippen LogP contribution in [0.1, 0.15) is 37.6 Å². The minimum atomic E-state index is 0.267. The second-order valence-corrected chi connectivity index (χ2v) is 5.51. The normalized spacial score (nSPS) is 12.1. The van der Waals surface area contributed by atoms with Crippen LogP contribution < -0.4 is 16.4 Å². The average Bonchev–Trinajstić information content (AvgIpc) is 2.91. The van der Waals surface area contributed by atoms with Crippen molar-refractivity contribution in [2.75, 3.05) is 22.9 Å². The molecule has 2 aromatic rings. The third-order valence-electron chi connectivity index (χ3n) is 2.89. The first-order valence-corrected chi connectivity index (χ1v) is 7.79. The van der Waals surface area contributed by atoms with Gasteiger partial charge in [0.05, 0.1) is 6.04 Å². The second-order valence-electron chi connectivity index (χ2n) is 4.53. The van der Waals surface area contributed by atoms with Gasteiger partial charge in [0.15, 0.2) is 0 Å². The lowest BCUT2D eigenvalue weighted by atomic mass is 10.1.